The molecule has 2 aromatic rings. The van der Waals surface area contributed by atoms with Crippen molar-refractivity contribution in [2.24, 2.45) is 5.92 Å². The molecule has 3 heterocycles. The molecular formula is C22H30ClN3O2. The van der Waals surface area contributed by atoms with Crippen LogP contribution in [0.4, 0.5) is 0 Å². The average Bonchev–Trinajstić information content (AvgIpc) is 3.11. The fourth-order valence-electron chi connectivity index (χ4n) is 4.48. The molecule has 0 radical (unpaired) electrons. The van der Waals surface area contributed by atoms with E-state index in [1.54, 1.807) is 6.20 Å². The quantitative estimate of drug-likeness (QED) is 0.743. The summed E-state index contributed by atoms with van der Waals surface area (Å²) in [4.78, 5) is 9.51. The van der Waals surface area contributed by atoms with Crippen molar-refractivity contribution in [2.45, 2.75) is 45.4 Å². The summed E-state index contributed by atoms with van der Waals surface area (Å²) >= 11 is 6.08. The molecule has 2 unspecified atom stereocenters. The van der Waals surface area contributed by atoms with Crippen LogP contribution in [0.15, 0.2) is 34.9 Å². The third-order valence-corrected chi connectivity index (χ3v) is 5.98. The van der Waals surface area contributed by atoms with Crippen molar-refractivity contribution in [3.8, 4) is 11.3 Å². The Balaban J connectivity index is 1.26. The van der Waals surface area contributed by atoms with Crippen molar-refractivity contribution >= 4 is 11.6 Å². The summed E-state index contributed by atoms with van der Waals surface area (Å²) in [5.41, 5.74) is 0.971. The van der Waals surface area contributed by atoms with Gasteiger partial charge in [0.15, 0.2) is 5.76 Å². The Hall–Kier alpha value is -1.40. The summed E-state index contributed by atoms with van der Waals surface area (Å²) < 4.78 is 11.8. The first-order valence-corrected chi connectivity index (χ1v) is 10.7. The zero-order valence-corrected chi connectivity index (χ0v) is 17.6. The molecule has 1 aromatic heterocycles. The Morgan fingerprint density at radius 2 is 1.86 bits per heavy atom. The van der Waals surface area contributed by atoms with E-state index in [1.807, 2.05) is 24.3 Å². The smallest absolute Gasteiger partial charge is 0.209 e. The highest BCUT2D eigenvalue weighted by Crippen LogP contribution is 2.25. The molecule has 2 aliphatic rings. The molecule has 0 aliphatic carbocycles. The highest BCUT2D eigenvalue weighted by molar-refractivity contribution is 6.30. The van der Waals surface area contributed by atoms with Gasteiger partial charge in [-0.05, 0) is 57.8 Å². The van der Waals surface area contributed by atoms with Crippen LogP contribution in [0.5, 0.6) is 0 Å². The largest absolute Gasteiger partial charge is 0.439 e. The molecule has 5 nitrogen and oxygen atoms in total. The SMILES string of the molecule is CC1CN(CC2CCN(Cc3ncc(-c4cccc(Cl)c4)o3)CC2)CC(C)O1. The lowest BCUT2D eigenvalue weighted by Crippen LogP contribution is -2.48. The lowest BCUT2D eigenvalue weighted by molar-refractivity contribution is -0.0732. The molecule has 2 atom stereocenters. The van der Waals surface area contributed by atoms with E-state index >= 15 is 0 Å². The van der Waals surface area contributed by atoms with E-state index in [1.165, 1.54) is 19.4 Å². The van der Waals surface area contributed by atoms with Crippen molar-refractivity contribution in [3.63, 3.8) is 0 Å². The summed E-state index contributed by atoms with van der Waals surface area (Å²) in [7, 11) is 0. The second-order valence-electron chi connectivity index (χ2n) is 8.32. The number of hydrogen-bond acceptors (Lipinski definition) is 5. The number of ether oxygens (including phenoxy) is 1. The first-order chi connectivity index (χ1) is 13.5. The molecule has 28 heavy (non-hydrogen) atoms. The molecule has 2 fully saturated rings. The second-order valence-corrected chi connectivity index (χ2v) is 8.76. The Morgan fingerprint density at radius 3 is 2.57 bits per heavy atom. The van der Waals surface area contributed by atoms with Crippen LogP contribution in [0.25, 0.3) is 11.3 Å². The number of morpholine rings is 1. The van der Waals surface area contributed by atoms with Gasteiger partial charge in [-0.2, -0.15) is 0 Å². The molecule has 2 saturated heterocycles. The fraction of sp³-hybridized carbons (Fsp3) is 0.591. The van der Waals surface area contributed by atoms with Gasteiger partial charge in [0, 0.05) is 30.2 Å². The molecule has 0 bridgehead atoms. The molecule has 0 N–H and O–H groups in total. The monoisotopic (exact) mass is 403 g/mol. The number of likely N-dealkylation sites (tertiary alicyclic amines) is 1. The van der Waals surface area contributed by atoms with Gasteiger partial charge < -0.3 is 9.15 Å². The summed E-state index contributed by atoms with van der Waals surface area (Å²) in [6.45, 7) is 10.7. The number of nitrogens with zero attached hydrogens (tertiary/aromatic N) is 3. The number of halogens is 1. The minimum Gasteiger partial charge on any atom is -0.439 e. The van der Waals surface area contributed by atoms with Crippen LogP contribution >= 0.6 is 11.6 Å². The zero-order valence-electron chi connectivity index (χ0n) is 16.8. The van der Waals surface area contributed by atoms with E-state index in [0.717, 1.165) is 55.9 Å². The highest BCUT2D eigenvalue weighted by atomic mass is 35.5. The van der Waals surface area contributed by atoms with Gasteiger partial charge in [-0.15, -0.1) is 0 Å². The molecular weight excluding hydrogens is 374 g/mol. The Bertz CT molecular complexity index is 763. The van der Waals surface area contributed by atoms with Gasteiger partial charge in [-0.1, -0.05) is 23.7 Å². The van der Waals surface area contributed by atoms with Gasteiger partial charge in [-0.25, -0.2) is 4.98 Å². The molecule has 4 rings (SSSR count). The molecule has 152 valence electrons. The van der Waals surface area contributed by atoms with Gasteiger partial charge in [0.25, 0.3) is 0 Å². The van der Waals surface area contributed by atoms with Crippen LogP contribution in [-0.4, -0.2) is 59.7 Å². The number of aromatic nitrogens is 1. The maximum atomic E-state index is 6.08. The molecule has 2 aliphatic heterocycles. The van der Waals surface area contributed by atoms with Crippen molar-refractivity contribution in [2.75, 3.05) is 32.7 Å². The van der Waals surface area contributed by atoms with E-state index in [0.29, 0.717) is 17.2 Å². The van der Waals surface area contributed by atoms with Gasteiger partial charge in [0.05, 0.1) is 24.9 Å². The molecule has 6 heteroatoms. The lowest BCUT2D eigenvalue weighted by atomic mass is 9.95. The lowest BCUT2D eigenvalue weighted by Gasteiger charge is -2.39. The van der Waals surface area contributed by atoms with Gasteiger partial charge in [-0.3, -0.25) is 9.80 Å². The van der Waals surface area contributed by atoms with E-state index in [4.69, 9.17) is 20.8 Å². The summed E-state index contributed by atoms with van der Waals surface area (Å²) in [5.74, 6) is 2.34. The van der Waals surface area contributed by atoms with Crippen LogP contribution < -0.4 is 0 Å². The molecule has 0 amide bonds. The van der Waals surface area contributed by atoms with E-state index < -0.39 is 0 Å². The first-order valence-electron chi connectivity index (χ1n) is 10.4. The van der Waals surface area contributed by atoms with Crippen molar-refractivity contribution in [1.29, 1.82) is 0 Å². The topological polar surface area (TPSA) is 41.7 Å². The van der Waals surface area contributed by atoms with Crippen LogP contribution in [0.1, 0.15) is 32.6 Å². The maximum Gasteiger partial charge on any atom is 0.209 e. The third kappa shape index (κ3) is 5.15. The van der Waals surface area contributed by atoms with Crippen molar-refractivity contribution in [3.05, 3.63) is 41.4 Å². The van der Waals surface area contributed by atoms with E-state index in [9.17, 15) is 0 Å². The Labute approximate surface area is 172 Å². The predicted molar refractivity (Wildman–Crippen MR) is 111 cm³/mol. The third-order valence-electron chi connectivity index (χ3n) is 5.74. The summed E-state index contributed by atoms with van der Waals surface area (Å²) in [6.07, 6.45) is 4.98. The summed E-state index contributed by atoms with van der Waals surface area (Å²) in [6, 6.07) is 7.70. The van der Waals surface area contributed by atoms with Crippen molar-refractivity contribution in [1.82, 2.24) is 14.8 Å². The van der Waals surface area contributed by atoms with E-state index in [-0.39, 0.29) is 0 Å². The summed E-state index contributed by atoms with van der Waals surface area (Å²) in [5, 5.41) is 0.710. The predicted octanol–water partition coefficient (Wildman–Crippen LogP) is 4.32. The second kappa shape index (κ2) is 8.95. The highest BCUT2D eigenvalue weighted by Gasteiger charge is 2.27. The van der Waals surface area contributed by atoms with Crippen LogP contribution in [-0.2, 0) is 11.3 Å². The molecule has 0 saturated carbocycles. The first kappa shape index (κ1) is 19.9. The normalized spacial score (nSPS) is 25.2. The van der Waals surface area contributed by atoms with E-state index in [2.05, 4.69) is 28.6 Å². The van der Waals surface area contributed by atoms with Crippen molar-refractivity contribution < 1.29 is 9.15 Å². The van der Waals surface area contributed by atoms with Gasteiger partial charge in [0.2, 0.25) is 5.89 Å². The van der Waals surface area contributed by atoms with Gasteiger partial charge in [0.1, 0.15) is 0 Å². The van der Waals surface area contributed by atoms with Crippen LogP contribution in [0, 0.1) is 5.92 Å². The Kier molecular flexibility index (Phi) is 6.36. The Morgan fingerprint density at radius 1 is 1.11 bits per heavy atom. The van der Waals surface area contributed by atoms with Crippen LogP contribution in [0.3, 0.4) is 0 Å². The average molecular weight is 404 g/mol. The molecule has 0 spiro atoms. The number of benzene rings is 1. The number of oxazole rings is 1. The minimum absolute atomic E-state index is 0.350. The maximum absolute atomic E-state index is 6.08. The van der Waals surface area contributed by atoms with Gasteiger partial charge >= 0.3 is 0 Å². The minimum atomic E-state index is 0.350. The van der Waals surface area contributed by atoms with Crippen LogP contribution in [0.2, 0.25) is 5.02 Å². The standard InChI is InChI=1S/C22H30ClN3O2/c1-16-12-26(13-17(2)27-16)14-18-6-8-25(9-7-18)15-22-24-11-21(28-22)19-4-3-5-20(23)10-19/h3-5,10-11,16-18H,6-9,12-15H2,1-2H3. The number of piperidine rings is 1. The number of rotatable bonds is 5. The zero-order chi connectivity index (χ0) is 19.5. The fourth-order valence-corrected chi connectivity index (χ4v) is 4.67. The number of hydrogen-bond donors (Lipinski definition) is 0. The molecule has 1 aromatic carbocycles.